The number of carbonyl (C=O) groups excluding carboxylic acids is 2. The van der Waals surface area contributed by atoms with Crippen LogP contribution < -0.4 is 10.6 Å². The normalized spacial score (nSPS) is 10.5. The van der Waals surface area contributed by atoms with E-state index in [0.717, 1.165) is 11.3 Å². The van der Waals surface area contributed by atoms with Crippen LogP contribution in [-0.2, 0) is 11.2 Å². The Kier molecular flexibility index (Phi) is 5.70. The fourth-order valence-electron chi connectivity index (χ4n) is 2.18. The van der Waals surface area contributed by atoms with E-state index in [1.54, 1.807) is 18.2 Å². The first-order chi connectivity index (χ1) is 12.5. The van der Waals surface area contributed by atoms with Gasteiger partial charge in [-0.3, -0.25) is 14.9 Å². The zero-order valence-corrected chi connectivity index (χ0v) is 15.5. The summed E-state index contributed by atoms with van der Waals surface area (Å²) in [5, 5.41) is 8.36. The smallest absolute Gasteiger partial charge is 0.293 e. The van der Waals surface area contributed by atoms with E-state index in [1.807, 2.05) is 24.4 Å². The SMILES string of the molecule is Cc1ccc(NC(=O)CCc2csc(NC(=O)c3ccco3)n2)cc1Cl. The number of aryl methyl sites for hydroxylation is 2. The zero-order chi connectivity index (χ0) is 18.5. The fraction of sp³-hybridized carbons (Fsp3) is 0.167. The Balaban J connectivity index is 1.50. The molecule has 0 saturated carbocycles. The molecule has 8 heteroatoms. The number of benzene rings is 1. The summed E-state index contributed by atoms with van der Waals surface area (Å²) in [7, 11) is 0. The van der Waals surface area contributed by atoms with Gasteiger partial charge in [-0.2, -0.15) is 0 Å². The number of thiazole rings is 1. The van der Waals surface area contributed by atoms with Crippen LogP contribution in [0.15, 0.2) is 46.4 Å². The molecule has 0 radical (unpaired) electrons. The number of halogens is 1. The Hall–Kier alpha value is -2.64. The number of furan rings is 1. The minimum atomic E-state index is -0.357. The van der Waals surface area contributed by atoms with Gasteiger partial charge in [0.05, 0.1) is 12.0 Å². The van der Waals surface area contributed by atoms with Gasteiger partial charge in [-0.25, -0.2) is 4.98 Å². The number of nitrogens with one attached hydrogen (secondary N) is 2. The Morgan fingerprint density at radius 1 is 1.27 bits per heavy atom. The van der Waals surface area contributed by atoms with Crippen LogP contribution in [0, 0.1) is 6.92 Å². The van der Waals surface area contributed by atoms with Crippen molar-refractivity contribution in [3.05, 3.63) is 64.0 Å². The first-order valence-corrected chi connectivity index (χ1v) is 9.12. The maximum Gasteiger partial charge on any atom is 0.293 e. The molecule has 0 aliphatic heterocycles. The highest BCUT2D eigenvalue weighted by Crippen LogP contribution is 2.21. The van der Waals surface area contributed by atoms with Gasteiger partial charge >= 0.3 is 0 Å². The number of hydrogen-bond donors (Lipinski definition) is 2. The van der Waals surface area contributed by atoms with Crippen LogP contribution in [0.25, 0.3) is 0 Å². The molecule has 0 aliphatic rings. The average molecular weight is 390 g/mol. The lowest BCUT2D eigenvalue weighted by molar-refractivity contribution is -0.116. The molecule has 0 saturated heterocycles. The molecule has 0 atom stereocenters. The molecular weight excluding hydrogens is 374 g/mol. The average Bonchev–Trinajstić information content (AvgIpc) is 3.28. The van der Waals surface area contributed by atoms with E-state index in [2.05, 4.69) is 15.6 Å². The maximum atomic E-state index is 12.1. The quantitative estimate of drug-likeness (QED) is 0.649. The van der Waals surface area contributed by atoms with Crippen molar-refractivity contribution in [3.8, 4) is 0 Å². The molecule has 0 spiro atoms. The van der Waals surface area contributed by atoms with Crippen molar-refractivity contribution < 1.29 is 14.0 Å². The Morgan fingerprint density at radius 2 is 2.12 bits per heavy atom. The molecule has 0 fully saturated rings. The lowest BCUT2D eigenvalue weighted by Crippen LogP contribution is -2.13. The van der Waals surface area contributed by atoms with E-state index >= 15 is 0 Å². The van der Waals surface area contributed by atoms with Crippen LogP contribution in [0.1, 0.15) is 28.2 Å². The van der Waals surface area contributed by atoms with Crippen LogP contribution >= 0.6 is 22.9 Å². The van der Waals surface area contributed by atoms with Gasteiger partial charge in [0, 0.05) is 22.5 Å². The van der Waals surface area contributed by atoms with Gasteiger partial charge in [-0.15, -0.1) is 11.3 Å². The summed E-state index contributed by atoms with van der Waals surface area (Å²) in [5.74, 6) is -0.262. The van der Waals surface area contributed by atoms with E-state index in [4.69, 9.17) is 16.0 Å². The molecule has 134 valence electrons. The Bertz CT molecular complexity index is 922. The van der Waals surface area contributed by atoms with E-state index in [-0.39, 0.29) is 24.0 Å². The van der Waals surface area contributed by atoms with E-state index in [9.17, 15) is 9.59 Å². The highest BCUT2D eigenvalue weighted by atomic mass is 35.5. The Labute approximate surface area is 159 Å². The van der Waals surface area contributed by atoms with Crippen LogP contribution in [0.2, 0.25) is 5.02 Å². The monoisotopic (exact) mass is 389 g/mol. The molecule has 3 rings (SSSR count). The molecule has 6 nitrogen and oxygen atoms in total. The molecule has 2 N–H and O–H groups in total. The lowest BCUT2D eigenvalue weighted by atomic mass is 10.2. The fourth-order valence-corrected chi connectivity index (χ4v) is 3.10. The van der Waals surface area contributed by atoms with Crippen molar-refractivity contribution in [2.75, 3.05) is 10.6 Å². The third kappa shape index (κ3) is 4.71. The highest BCUT2D eigenvalue weighted by molar-refractivity contribution is 7.13. The van der Waals surface area contributed by atoms with Crippen LogP contribution in [0.3, 0.4) is 0 Å². The van der Waals surface area contributed by atoms with Crippen molar-refractivity contribution in [1.82, 2.24) is 4.98 Å². The topological polar surface area (TPSA) is 84.2 Å². The molecule has 26 heavy (non-hydrogen) atoms. The highest BCUT2D eigenvalue weighted by Gasteiger charge is 2.12. The summed E-state index contributed by atoms with van der Waals surface area (Å²) in [4.78, 5) is 28.3. The van der Waals surface area contributed by atoms with Crippen LogP contribution in [-0.4, -0.2) is 16.8 Å². The predicted molar refractivity (Wildman–Crippen MR) is 102 cm³/mol. The van der Waals surface area contributed by atoms with Crippen LogP contribution in [0.4, 0.5) is 10.8 Å². The molecule has 0 bridgehead atoms. The largest absolute Gasteiger partial charge is 0.459 e. The minimum Gasteiger partial charge on any atom is -0.459 e. The van der Waals surface area contributed by atoms with E-state index in [1.165, 1.54) is 17.6 Å². The standard InChI is InChI=1S/C18H16ClN3O3S/c1-11-4-5-12(9-14(11)19)20-16(23)7-6-13-10-26-18(21-13)22-17(24)15-3-2-8-25-15/h2-5,8-10H,6-7H2,1H3,(H,20,23)(H,21,22,24). The van der Waals surface area contributed by atoms with Crippen LogP contribution in [0.5, 0.6) is 0 Å². The van der Waals surface area contributed by atoms with Gasteiger partial charge in [0.15, 0.2) is 10.9 Å². The van der Waals surface area contributed by atoms with E-state index in [0.29, 0.717) is 22.3 Å². The first kappa shape index (κ1) is 18.2. The van der Waals surface area contributed by atoms with Gasteiger partial charge in [0.25, 0.3) is 5.91 Å². The lowest BCUT2D eigenvalue weighted by Gasteiger charge is -2.06. The molecule has 2 amide bonds. The number of carbonyl (C=O) groups is 2. The Morgan fingerprint density at radius 3 is 2.85 bits per heavy atom. The molecule has 3 aromatic rings. The van der Waals surface area contributed by atoms with E-state index < -0.39 is 0 Å². The maximum absolute atomic E-state index is 12.1. The second-order valence-electron chi connectivity index (χ2n) is 5.59. The van der Waals surface area contributed by atoms with Gasteiger partial charge in [0.2, 0.25) is 5.91 Å². The van der Waals surface area contributed by atoms with Crippen molar-refractivity contribution in [2.24, 2.45) is 0 Å². The summed E-state index contributed by atoms with van der Waals surface area (Å²) in [6.45, 7) is 1.90. The van der Waals surface area contributed by atoms with Gasteiger partial charge < -0.3 is 9.73 Å². The summed E-state index contributed by atoms with van der Waals surface area (Å²) in [5.41, 5.74) is 2.35. The van der Waals surface area contributed by atoms with Crippen molar-refractivity contribution in [2.45, 2.75) is 19.8 Å². The second-order valence-corrected chi connectivity index (χ2v) is 6.85. The van der Waals surface area contributed by atoms with Gasteiger partial charge in [0.1, 0.15) is 0 Å². The third-order valence-corrected chi connectivity index (χ3v) is 4.79. The number of amides is 2. The zero-order valence-electron chi connectivity index (χ0n) is 13.9. The number of aromatic nitrogens is 1. The number of hydrogen-bond acceptors (Lipinski definition) is 5. The molecule has 1 aromatic carbocycles. The molecule has 0 unspecified atom stereocenters. The van der Waals surface area contributed by atoms with Crippen molar-refractivity contribution in [3.63, 3.8) is 0 Å². The molecular formula is C18H16ClN3O3S. The minimum absolute atomic E-state index is 0.126. The summed E-state index contributed by atoms with van der Waals surface area (Å²) < 4.78 is 5.03. The van der Waals surface area contributed by atoms with Gasteiger partial charge in [-0.1, -0.05) is 17.7 Å². The van der Waals surface area contributed by atoms with Gasteiger partial charge in [-0.05, 0) is 43.2 Å². The summed E-state index contributed by atoms with van der Waals surface area (Å²) in [6, 6.07) is 8.60. The predicted octanol–water partition coefficient (Wildman–Crippen LogP) is 4.52. The molecule has 0 aliphatic carbocycles. The third-order valence-electron chi connectivity index (χ3n) is 3.58. The summed E-state index contributed by atoms with van der Waals surface area (Å²) >= 11 is 7.35. The number of nitrogens with zero attached hydrogens (tertiary/aromatic N) is 1. The first-order valence-electron chi connectivity index (χ1n) is 7.86. The van der Waals surface area contributed by atoms with Crippen molar-refractivity contribution in [1.29, 1.82) is 0 Å². The number of rotatable bonds is 6. The molecule has 2 heterocycles. The van der Waals surface area contributed by atoms with Crippen molar-refractivity contribution >= 4 is 45.6 Å². The number of anilines is 2. The molecule has 2 aromatic heterocycles. The second kappa shape index (κ2) is 8.16. The summed E-state index contributed by atoms with van der Waals surface area (Å²) in [6.07, 6.45) is 2.18.